The van der Waals surface area contributed by atoms with Crippen molar-refractivity contribution < 1.29 is 22.7 Å². The van der Waals surface area contributed by atoms with Crippen LogP contribution in [0.25, 0.3) is 0 Å². The molecule has 0 spiro atoms. The Hall–Kier alpha value is -3.35. The fraction of sp³-hybridized carbons (Fsp3) is 0.346. The Morgan fingerprint density at radius 2 is 1.74 bits per heavy atom. The van der Waals surface area contributed by atoms with E-state index in [9.17, 15) is 18.0 Å². The summed E-state index contributed by atoms with van der Waals surface area (Å²) < 4.78 is 33.7. The molecule has 10 nitrogen and oxygen atoms in total. The lowest BCUT2D eigenvalue weighted by atomic mass is 10.2. The number of aromatic nitrogens is 2. The van der Waals surface area contributed by atoms with Crippen molar-refractivity contribution in [3.63, 3.8) is 0 Å². The Morgan fingerprint density at radius 3 is 2.42 bits per heavy atom. The van der Waals surface area contributed by atoms with Gasteiger partial charge in [0.15, 0.2) is 0 Å². The molecule has 0 radical (unpaired) electrons. The average Bonchev–Trinajstić information content (AvgIpc) is 3.68. The van der Waals surface area contributed by atoms with E-state index in [2.05, 4.69) is 15.7 Å². The normalized spacial score (nSPS) is 15.3. The molecule has 3 heterocycles. The lowest BCUT2D eigenvalue weighted by Crippen LogP contribution is -2.29. The van der Waals surface area contributed by atoms with E-state index in [4.69, 9.17) is 4.74 Å². The van der Waals surface area contributed by atoms with Crippen molar-refractivity contribution in [3.05, 3.63) is 70.9 Å². The molecular formula is C26H29N5O5S2. The van der Waals surface area contributed by atoms with Gasteiger partial charge in [0.1, 0.15) is 18.1 Å². The van der Waals surface area contributed by atoms with Gasteiger partial charge in [0.25, 0.3) is 5.91 Å². The summed E-state index contributed by atoms with van der Waals surface area (Å²) in [5.74, 6) is 2.00. The van der Waals surface area contributed by atoms with E-state index < -0.39 is 15.9 Å². The van der Waals surface area contributed by atoms with E-state index in [0.29, 0.717) is 42.5 Å². The summed E-state index contributed by atoms with van der Waals surface area (Å²) in [6.07, 6.45) is 1.71. The number of benzene rings is 2. The van der Waals surface area contributed by atoms with Crippen LogP contribution < -0.4 is 15.4 Å². The Bertz CT molecular complexity index is 1430. The lowest BCUT2D eigenvalue weighted by molar-refractivity contribution is -0.122. The molecule has 2 aromatic carbocycles. The molecule has 0 saturated carbocycles. The van der Waals surface area contributed by atoms with Gasteiger partial charge in [-0.25, -0.2) is 13.1 Å². The number of methoxy groups -OCH3 is 1. The number of nitrogens with one attached hydrogen (secondary N) is 2. The van der Waals surface area contributed by atoms with Crippen LogP contribution in [0, 0.1) is 0 Å². The molecule has 200 valence electrons. The fourth-order valence-corrected chi connectivity index (χ4v) is 7.04. The van der Waals surface area contributed by atoms with E-state index in [1.165, 1.54) is 33.3 Å². The third-order valence-corrected chi connectivity index (χ3v) is 9.50. The number of carbonyl (C=O) groups excluding carboxylic acids is 2. The molecule has 0 bridgehead atoms. The standard InChI is InChI=1S/C26H29N5O5S2/c1-36-20-8-4-18(5-9-20)14-27-24(32)15-31-25(22-16-37-17-23(22)29-31)28-26(33)19-6-10-21(11-7-19)38(34,35)30-12-2-3-13-30/h4-11H,2-3,12-17H2,1H3,(H,27,32)(H,28,33). The summed E-state index contributed by atoms with van der Waals surface area (Å²) in [6.45, 7) is 1.35. The maximum Gasteiger partial charge on any atom is 0.256 e. The zero-order chi connectivity index (χ0) is 26.7. The van der Waals surface area contributed by atoms with Gasteiger partial charge < -0.3 is 15.4 Å². The second-order valence-corrected chi connectivity index (χ2v) is 12.1. The van der Waals surface area contributed by atoms with E-state index in [1.807, 2.05) is 24.3 Å². The highest BCUT2D eigenvalue weighted by atomic mass is 32.2. The predicted molar refractivity (Wildman–Crippen MR) is 144 cm³/mol. The molecule has 2 N–H and O–H groups in total. The Morgan fingerprint density at radius 1 is 1.03 bits per heavy atom. The number of anilines is 1. The average molecular weight is 556 g/mol. The number of thioether (sulfide) groups is 1. The molecule has 1 saturated heterocycles. The highest BCUT2D eigenvalue weighted by Gasteiger charge is 2.28. The van der Waals surface area contributed by atoms with Crippen molar-refractivity contribution in [1.82, 2.24) is 19.4 Å². The van der Waals surface area contributed by atoms with Crippen LogP contribution in [0.5, 0.6) is 5.75 Å². The minimum absolute atomic E-state index is 0.0452. The lowest BCUT2D eigenvalue weighted by Gasteiger charge is -2.15. The number of ether oxygens (including phenoxy) is 1. The van der Waals surface area contributed by atoms with Crippen LogP contribution in [0.3, 0.4) is 0 Å². The summed E-state index contributed by atoms with van der Waals surface area (Å²) in [5, 5.41) is 10.4. The first-order valence-electron chi connectivity index (χ1n) is 12.3. The third-order valence-electron chi connectivity index (χ3n) is 6.61. The first kappa shape index (κ1) is 26.3. The van der Waals surface area contributed by atoms with Crippen LogP contribution >= 0.6 is 11.8 Å². The monoisotopic (exact) mass is 555 g/mol. The number of sulfonamides is 1. The van der Waals surface area contributed by atoms with Gasteiger partial charge in [0, 0.05) is 42.3 Å². The van der Waals surface area contributed by atoms with Crippen LogP contribution in [-0.2, 0) is 39.4 Å². The van der Waals surface area contributed by atoms with Gasteiger partial charge in [-0.3, -0.25) is 9.59 Å². The van der Waals surface area contributed by atoms with Gasteiger partial charge in [-0.05, 0) is 54.8 Å². The Labute approximate surface area is 225 Å². The van der Waals surface area contributed by atoms with Gasteiger partial charge in [0.2, 0.25) is 15.9 Å². The number of fused-ring (bicyclic) bond motifs is 1. The van der Waals surface area contributed by atoms with Crippen molar-refractivity contribution in [2.45, 2.75) is 42.3 Å². The first-order valence-corrected chi connectivity index (χ1v) is 14.9. The van der Waals surface area contributed by atoms with Crippen molar-refractivity contribution in [3.8, 4) is 5.75 Å². The quantitative estimate of drug-likeness (QED) is 0.416. The second kappa shape index (κ2) is 11.2. The molecule has 12 heteroatoms. The third kappa shape index (κ3) is 5.57. The van der Waals surface area contributed by atoms with E-state index >= 15 is 0 Å². The second-order valence-electron chi connectivity index (χ2n) is 9.14. The highest BCUT2D eigenvalue weighted by molar-refractivity contribution is 7.98. The molecule has 1 fully saturated rings. The highest BCUT2D eigenvalue weighted by Crippen LogP contribution is 2.35. The molecule has 5 rings (SSSR count). The minimum Gasteiger partial charge on any atom is -0.497 e. The zero-order valence-electron chi connectivity index (χ0n) is 21.0. The maximum absolute atomic E-state index is 13.1. The molecule has 2 aliphatic heterocycles. The van der Waals surface area contributed by atoms with Crippen molar-refractivity contribution in [1.29, 1.82) is 0 Å². The maximum atomic E-state index is 13.1. The smallest absolute Gasteiger partial charge is 0.256 e. The fourth-order valence-electron chi connectivity index (χ4n) is 4.49. The first-order chi connectivity index (χ1) is 18.3. The summed E-state index contributed by atoms with van der Waals surface area (Å²) in [6, 6.07) is 13.4. The molecule has 2 amide bonds. The number of hydrogen-bond acceptors (Lipinski definition) is 7. The van der Waals surface area contributed by atoms with Crippen LogP contribution in [-0.4, -0.2) is 54.5 Å². The van der Waals surface area contributed by atoms with Crippen molar-refractivity contribution in [2.75, 3.05) is 25.5 Å². The van der Waals surface area contributed by atoms with Crippen LogP contribution in [0.1, 0.15) is 40.0 Å². The van der Waals surface area contributed by atoms with Crippen molar-refractivity contribution >= 4 is 39.4 Å². The molecule has 38 heavy (non-hydrogen) atoms. The molecule has 3 aromatic rings. The molecule has 1 aromatic heterocycles. The number of rotatable bonds is 9. The van der Waals surface area contributed by atoms with Gasteiger partial charge in [-0.2, -0.15) is 21.2 Å². The number of hydrogen-bond donors (Lipinski definition) is 2. The van der Waals surface area contributed by atoms with Crippen LogP contribution in [0.15, 0.2) is 53.4 Å². The largest absolute Gasteiger partial charge is 0.497 e. The van der Waals surface area contributed by atoms with E-state index in [-0.39, 0.29) is 17.3 Å². The molecule has 0 atom stereocenters. The summed E-state index contributed by atoms with van der Waals surface area (Å²) in [7, 11) is -1.96. The van der Waals surface area contributed by atoms with E-state index in [0.717, 1.165) is 35.4 Å². The zero-order valence-corrected chi connectivity index (χ0v) is 22.6. The Balaban J connectivity index is 1.26. The Kier molecular flexibility index (Phi) is 7.73. The van der Waals surface area contributed by atoms with Crippen LogP contribution in [0.4, 0.5) is 5.82 Å². The van der Waals surface area contributed by atoms with Crippen molar-refractivity contribution in [2.24, 2.45) is 0 Å². The number of carbonyl (C=O) groups is 2. The molecular weight excluding hydrogens is 526 g/mol. The van der Waals surface area contributed by atoms with Gasteiger partial charge in [-0.15, -0.1) is 0 Å². The summed E-state index contributed by atoms with van der Waals surface area (Å²) >= 11 is 1.69. The number of nitrogens with zero attached hydrogens (tertiary/aromatic N) is 3. The van der Waals surface area contributed by atoms with Gasteiger partial charge in [0.05, 0.1) is 17.7 Å². The molecule has 0 unspecified atom stereocenters. The summed E-state index contributed by atoms with van der Waals surface area (Å²) in [5.41, 5.74) is 3.00. The predicted octanol–water partition coefficient (Wildman–Crippen LogP) is 2.99. The molecule has 2 aliphatic rings. The number of amides is 2. The summed E-state index contributed by atoms with van der Waals surface area (Å²) in [4.78, 5) is 26.0. The van der Waals surface area contributed by atoms with E-state index in [1.54, 1.807) is 18.9 Å². The molecule has 0 aliphatic carbocycles. The van der Waals surface area contributed by atoms with Gasteiger partial charge in [-0.1, -0.05) is 12.1 Å². The SMILES string of the molecule is COc1ccc(CNC(=O)Cn2nc3c(c2NC(=O)c2ccc(S(=O)(=O)N4CCCC4)cc2)CSC3)cc1. The van der Waals surface area contributed by atoms with Crippen LogP contribution in [0.2, 0.25) is 0 Å². The topological polar surface area (TPSA) is 123 Å². The van der Waals surface area contributed by atoms with Gasteiger partial charge >= 0.3 is 0 Å². The minimum atomic E-state index is -3.55.